The van der Waals surface area contributed by atoms with Crippen LogP contribution in [0.15, 0.2) is 34.9 Å². The van der Waals surface area contributed by atoms with Gasteiger partial charge in [0.1, 0.15) is 12.0 Å². The summed E-state index contributed by atoms with van der Waals surface area (Å²) in [5, 5.41) is 3.58. The Balaban J connectivity index is 1.60. The average molecular weight is 270 g/mol. The van der Waals surface area contributed by atoms with Gasteiger partial charge in [0.2, 0.25) is 0 Å². The molecule has 1 fully saturated rings. The summed E-state index contributed by atoms with van der Waals surface area (Å²) in [6, 6.07) is 8.97. The van der Waals surface area contributed by atoms with Gasteiger partial charge < -0.3 is 9.73 Å². The molecule has 1 aromatic carbocycles. The molecule has 3 nitrogen and oxygen atoms in total. The Kier molecular flexibility index (Phi) is 3.77. The minimum Gasteiger partial charge on any atom is -0.449 e. The Bertz CT molecular complexity index is 555. The highest BCUT2D eigenvalue weighted by atomic mass is 16.3. The molecule has 0 radical (unpaired) electrons. The molecule has 20 heavy (non-hydrogen) atoms. The molecule has 1 N–H and O–H groups in total. The van der Waals surface area contributed by atoms with Crippen molar-refractivity contribution in [1.29, 1.82) is 0 Å². The van der Waals surface area contributed by atoms with E-state index in [1.54, 1.807) is 6.26 Å². The van der Waals surface area contributed by atoms with E-state index in [4.69, 9.17) is 4.42 Å². The van der Waals surface area contributed by atoms with Crippen molar-refractivity contribution >= 4 is 5.69 Å². The van der Waals surface area contributed by atoms with Gasteiger partial charge in [-0.25, -0.2) is 4.98 Å². The zero-order valence-electron chi connectivity index (χ0n) is 12.2. The molecule has 106 valence electrons. The molecular weight excluding hydrogens is 248 g/mol. The quantitative estimate of drug-likeness (QED) is 0.860. The Morgan fingerprint density at radius 2 is 2.05 bits per heavy atom. The molecule has 0 bridgehead atoms. The average Bonchev–Trinajstić information content (AvgIpc) is 2.82. The van der Waals surface area contributed by atoms with E-state index < -0.39 is 0 Å². The molecule has 1 aromatic heterocycles. The van der Waals surface area contributed by atoms with Crippen molar-refractivity contribution in [2.24, 2.45) is 5.92 Å². The predicted octanol–water partition coefficient (Wildman–Crippen LogP) is 4.64. The fourth-order valence-electron chi connectivity index (χ4n) is 2.81. The van der Waals surface area contributed by atoms with E-state index >= 15 is 0 Å². The van der Waals surface area contributed by atoms with Crippen LogP contribution in [0.4, 0.5) is 5.69 Å². The maximum Gasteiger partial charge on any atom is 0.191 e. The largest absolute Gasteiger partial charge is 0.449 e. The van der Waals surface area contributed by atoms with Crippen LogP contribution >= 0.6 is 0 Å². The number of oxazole rings is 1. The highest BCUT2D eigenvalue weighted by Gasteiger charge is 2.19. The molecule has 1 aliphatic carbocycles. The van der Waals surface area contributed by atoms with Crippen LogP contribution in [0, 0.1) is 12.8 Å². The summed E-state index contributed by atoms with van der Waals surface area (Å²) >= 11 is 0. The maximum absolute atomic E-state index is 5.25. The van der Waals surface area contributed by atoms with Gasteiger partial charge in [0.05, 0.1) is 0 Å². The van der Waals surface area contributed by atoms with Crippen LogP contribution in [0.2, 0.25) is 0 Å². The molecule has 0 spiro atoms. The van der Waals surface area contributed by atoms with E-state index in [1.165, 1.54) is 31.4 Å². The fraction of sp³-hybridized carbons (Fsp3) is 0.471. The van der Waals surface area contributed by atoms with Gasteiger partial charge in [0.25, 0.3) is 0 Å². The lowest BCUT2D eigenvalue weighted by Gasteiger charge is -2.28. The number of hydrogen-bond donors (Lipinski definition) is 1. The van der Waals surface area contributed by atoms with Crippen LogP contribution in [-0.2, 0) is 0 Å². The molecule has 1 saturated carbocycles. The van der Waals surface area contributed by atoms with E-state index in [1.807, 2.05) is 6.92 Å². The lowest BCUT2D eigenvalue weighted by Crippen LogP contribution is -2.23. The number of rotatable bonds is 5. The van der Waals surface area contributed by atoms with E-state index in [9.17, 15) is 0 Å². The molecule has 1 atom stereocenters. The standard InChI is InChI=1S/C17H22N2O/c1-12(10-14-4-3-5-14)18-16-8-6-15(7-9-16)17-11-20-13(2)19-17/h6-9,11-12,14,18H,3-5,10H2,1-2H3. The zero-order valence-corrected chi connectivity index (χ0v) is 12.2. The highest BCUT2D eigenvalue weighted by molar-refractivity contribution is 5.61. The first-order valence-electron chi connectivity index (χ1n) is 7.50. The number of hydrogen-bond acceptors (Lipinski definition) is 3. The van der Waals surface area contributed by atoms with Crippen molar-refractivity contribution in [3.8, 4) is 11.3 Å². The van der Waals surface area contributed by atoms with Gasteiger partial charge in [0.15, 0.2) is 5.89 Å². The summed E-state index contributed by atoms with van der Waals surface area (Å²) in [4.78, 5) is 4.34. The van der Waals surface area contributed by atoms with Crippen LogP contribution < -0.4 is 5.32 Å². The summed E-state index contributed by atoms with van der Waals surface area (Å²) < 4.78 is 5.25. The van der Waals surface area contributed by atoms with Crippen molar-refractivity contribution < 1.29 is 4.42 Å². The second-order valence-electron chi connectivity index (χ2n) is 5.91. The van der Waals surface area contributed by atoms with E-state index in [2.05, 4.69) is 41.5 Å². The van der Waals surface area contributed by atoms with E-state index in [-0.39, 0.29) is 0 Å². The Morgan fingerprint density at radius 1 is 1.30 bits per heavy atom. The first kappa shape index (κ1) is 13.2. The molecule has 3 heteroatoms. The van der Waals surface area contributed by atoms with Gasteiger partial charge >= 0.3 is 0 Å². The molecule has 1 aliphatic rings. The molecule has 3 rings (SSSR count). The summed E-state index contributed by atoms with van der Waals surface area (Å²) in [7, 11) is 0. The normalized spacial score (nSPS) is 16.7. The third-order valence-electron chi connectivity index (χ3n) is 4.12. The summed E-state index contributed by atoms with van der Waals surface area (Å²) in [5.74, 6) is 1.64. The Labute approximate surface area is 120 Å². The highest BCUT2D eigenvalue weighted by Crippen LogP contribution is 2.31. The molecule has 2 aromatic rings. The minimum atomic E-state index is 0.542. The van der Waals surface area contributed by atoms with E-state index in [0.717, 1.165) is 17.2 Å². The van der Waals surface area contributed by atoms with Crippen molar-refractivity contribution in [2.75, 3.05) is 5.32 Å². The van der Waals surface area contributed by atoms with Crippen molar-refractivity contribution in [2.45, 2.75) is 45.6 Å². The SMILES string of the molecule is Cc1nc(-c2ccc(NC(C)CC3CCC3)cc2)co1. The number of aromatic nitrogens is 1. The second-order valence-corrected chi connectivity index (χ2v) is 5.91. The van der Waals surface area contributed by atoms with Gasteiger partial charge in [0, 0.05) is 24.2 Å². The molecule has 1 heterocycles. The molecular formula is C17H22N2O. The zero-order chi connectivity index (χ0) is 13.9. The van der Waals surface area contributed by atoms with Crippen LogP contribution in [0.1, 0.15) is 38.5 Å². The topological polar surface area (TPSA) is 38.1 Å². The molecule has 1 unspecified atom stereocenters. The number of aryl methyl sites for hydroxylation is 1. The monoisotopic (exact) mass is 270 g/mol. The third-order valence-corrected chi connectivity index (χ3v) is 4.12. The van der Waals surface area contributed by atoms with Gasteiger partial charge in [-0.05, 0) is 31.4 Å². The lowest BCUT2D eigenvalue weighted by molar-refractivity contribution is 0.286. The summed E-state index contributed by atoms with van der Waals surface area (Å²) in [5.41, 5.74) is 3.18. The smallest absolute Gasteiger partial charge is 0.191 e. The lowest BCUT2D eigenvalue weighted by atomic mass is 9.81. The van der Waals surface area contributed by atoms with Crippen molar-refractivity contribution in [3.63, 3.8) is 0 Å². The van der Waals surface area contributed by atoms with Crippen LogP contribution in [-0.4, -0.2) is 11.0 Å². The minimum absolute atomic E-state index is 0.542. The van der Waals surface area contributed by atoms with Gasteiger partial charge in [-0.3, -0.25) is 0 Å². The second kappa shape index (κ2) is 5.70. The number of nitrogens with one attached hydrogen (secondary N) is 1. The van der Waals surface area contributed by atoms with E-state index in [0.29, 0.717) is 11.9 Å². The first-order chi connectivity index (χ1) is 9.70. The predicted molar refractivity (Wildman–Crippen MR) is 81.7 cm³/mol. The van der Waals surface area contributed by atoms with Crippen molar-refractivity contribution in [1.82, 2.24) is 4.98 Å². The molecule has 0 aliphatic heterocycles. The third kappa shape index (κ3) is 3.03. The Hall–Kier alpha value is -1.77. The molecule has 0 saturated heterocycles. The summed E-state index contributed by atoms with van der Waals surface area (Å²) in [6.07, 6.45) is 7.23. The fourth-order valence-corrected chi connectivity index (χ4v) is 2.81. The van der Waals surface area contributed by atoms with Gasteiger partial charge in [-0.2, -0.15) is 0 Å². The number of anilines is 1. The maximum atomic E-state index is 5.25. The number of nitrogens with zero attached hydrogens (tertiary/aromatic N) is 1. The van der Waals surface area contributed by atoms with Gasteiger partial charge in [-0.15, -0.1) is 0 Å². The molecule has 0 amide bonds. The summed E-state index contributed by atoms with van der Waals surface area (Å²) in [6.45, 7) is 4.13. The van der Waals surface area contributed by atoms with Crippen LogP contribution in [0.3, 0.4) is 0 Å². The number of benzene rings is 1. The van der Waals surface area contributed by atoms with Crippen molar-refractivity contribution in [3.05, 3.63) is 36.4 Å². The van der Waals surface area contributed by atoms with Crippen LogP contribution in [0.25, 0.3) is 11.3 Å². The first-order valence-corrected chi connectivity index (χ1v) is 7.50. The van der Waals surface area contributed by atoms with Gasteiger partial charge in [-0.1, -0.05) is 31.4 Å². The van der Waals surface area contributed by atoms with Crippen LogP contribution in [0.5, 0.6) is 0 Å². The Morgan fingerprint density at radius 3 is 2.60 bits per heavy atom.